The number of allylic oxidation sites excluding steroid dienone is 4. The van der Waals surface area contributed by atoms with Gasteiger partial charge in [-0.1, -0.05) is 71.8 Å². The summed E-state index contributed by atoms with van der Waals surface area (Å²) in [6, 6.07) is 39.4. The average molecular weight is 665 g/mol. The number of anilines is 5. The molecule has 0 atom stereocenters. The van der Waals surface area contributed by atoms with E-state index in [9.17, 15) is 0 Å². The minimum atomic E-state index is 0.991. The molecular formula is C49H48N2. The lowest BCUT2D eigenvalue weighted by Crippen LogP contribution is -2.17. The number of aryl methyl sites for hydroxylation is 6. The summed E-state index contributed by atoms with van der Waals surface area (Å²) in [4.78, 5) is 5.02. The van der Waals surface area contributed by atoms with Crippen molar-refractivity contribution in [2.75, 3.05) is 9.80 Å². The van der Waals surface area contributed by atoms with Crippen LogP contribution in [-0.2, 0) is 0 Å². The third kappa shape index (κ3) is 5.68. The Kier molecular flexibility index (Phi) is 8.22. The quantitative estimate of drug-likeness (QED) is 0.129. The molecule has 8 rings (SSSR count). The van der Waals surface area contributed by atoms with Gasteiger partial charge in [0.25, 0.3) is 0 Å². The summed E-state index contributed by atoms with van der Waals surface area (Å²) >= 11 is 0. The summed E-state index contributed by atoms with van der Waals surface area (Å²) in [5.74, 6) is 0. The molecular weight excluding hydrogens is 617 g/mol. The van der Waals surface area contributed by atoms with Gasteiger partial charge in [0, 0.05) is 33.5 Å². The van der Waals surface area contributed by atoms with Gasteiger partial charge in [0.2, 0.25) is 0 Å². The standard InChI is InChI=1S/C49H48N2/c1-30-9-18-40(19-10-31(30)2)50(41-20-11-32(3)35(6)27-41)46-25-16-38-15-24-45-47(26-17-39-14-23-44(46)48(38)49(39)45)51(42-21-12-33(4)36(7)28-42)43-22-13-34(5)37(8)29-43/h11-18,20-29H,9-10,19H2,1-8H3. The van der Waals surface area contributed by atoms with Crippen molar-refractivity contribution in [2.45, 2.75) is 74.7 Å². The van der Waals surface area contributed by atoms with Crippen molar-refractivity contribution >= 4 is 60.8 Å². The second-order valence-corrected chi connectivity index (χ2v) is 15.0. The van der Waals surface area contributed by atoms with E-state index >= 15 is 0 Å². The molecule has 0 amide bonds. The Labute approximate surface area is 303 Å². The number of hydrogen-bond acceptors (Lipinski definition) is 2. The van der Waals surface area contributed by atoms with Gasteiger partial charge >= 0.3 is 0 Å². The van der Waals surface area contributed by atoms with Crippen molar-refractivity contribution in [3.05, 3.63) is 159 Å². The van der Waals surface area contributed by atoms with E-state index in [0.717, 1.165) is 19.3 Å². The molecule has 254 valence electrons. The van der Waals surface area contributed by atoms with Gasteiger partial charge in [-0.15, -0.1) is 0 Å². The summed E-state index contributed by atoms with van der Waals surface area (Å²) in [6.07, 6.45) is 5.57. The van der Waals surface area contributed by atoms with Crippen LogP contribution >= 0.6 is 0 Å². The van der Waals surface area contributed by atoms with E-state index in [-0.39, 0.29) is 0 Å². The normalized spacial score (nSPS) is 13.7. The summed E-state index contributed by atoms with van der Waals surface area (Å²) in [6.45, 7) is 17.9. The third-order valence-corrected chi connectivity index (χ3v) is 11.8. The topological polar surface area (TPSA) is 6.48 Å². The summed E-state index contributed by atoms with van der Waals surface area (Å²) in [5.41, 5.74) is 18.2. The molecule has 0 saturated heterocycles. The first-order valence-corrected chi connectivity index (χ1v) is 18.5. The molecule has 0 saturated carbocycles. The van der Waals surface area contributed by atoms with Crippen molar-refractivity contribution < 1.29 is 0 Å². The van der Waals surface area contributed by atoms with E-state index in [1.807, 2.05) is 0 Å². The molecule has 7 aromatic carbocycles. The zero-order valence-electron chi connectivity index (χ0n) is 31.4. The van der Waals surface area contributed by atoms with Gasteiger partial charge in [-0.05, 0) is 178 Å². The molecule has 0 aromatic heterocycles. The predicted molar refractivity (Wildman–Crippen MR) is 222 cm³/mol. The molecule has 1 aliphatic carbocycles. The Bertz CT molecular complexity index is 2490. The Hall–Kier alpha value is -5.34. The number of hydrogen-bond donors (Lipinski definition) is 0. The van der Waals surface area contributed by atoms with E-state index in [4.69, 9.17) is 0 Å². The highest BCUT2D eigenvalue weighted by molar-refractivity contribution is 6.28. The van der Waals surface area contributed by atoms with Gasteiger partial charge in [0.1, 0.15) is 0 Å². The zero-order chi connectivity index (χ0) is 35.6. The van der Waals surface area contributed by atoms with Crippen molar-refractivity contribution in [3.8, 4) is 0 Å². The Morgan fingerprint density at radius 3 is 1.29 bits per heavy atom. The van der Waals surface area contributed by atoms with Crippen molar-refractivity contribution in [1.82, 2.24) is 0 Å². The average Bonchev–Trinajstić information content (AvgIpc) is 3.29. The maximum atomic E-state index is 2.56. The first-order chi connectivity index (χ1) is 24.6. The minimum absolute atomic E-state index is 0.991. The smallest absolute Gasteiger partial charge is 0.0540 e. The fraction of sp³-hybridized carbons (Fsp3) is 0.224. The van der Waals surface area contributed by atoms with Crippen LogP contribution in [0, 0.1) is 41.5 Å². The molecule has 1 aliphatic rings. The first kappa shape index (κ1) is 32.8. The first-order valence-electron chi connectivity index (χ1n) is 18.5. The van der Waals surface area contributed by atoms with Crippen LogP contribution in [-0.4, -0.2) is 0 Å². The van der Waals surface area contributed by atoms with Crippen LogP contribution in [0.25, 0.3) is 32.3 Å². The molecule has 51 heavy (non-hydrogen) atoms. The highest BCUT2D eigenvalue weighted by atomic mass is 15.2. The van der Waals surface area contributed by atoms with Gasteiger partial charge in [0.05, 0.1) is 11.4 Å². The van der Waals surface area contributed by atoms with E-state index in [2.05, 4.69) is 174 Å². The van der Waals surface area contributed by atoms with E-state index in [0.29, 0.717) is 0 Å². The Morgan fingerprint density at radius 1 is 0.392 bits per heavy atom. The van der Waals surface area contributed by atoms with Gasteiger partial charge < -0.3 is 9.80 Å². The van der Waals surface area contributed by atoms with E-state index in [1.165, 1.54) is 111 Å². The van der Waals surface area contributed by atoms with E-state index < -0.39 is 0 Å². The SMILES string of the molecule is CC1=C(C)CCC(N(c2ccc(C)c(C)c2)c2ccc3ccc4c(N(c5ccc(C)c(C)c5)c5ccc(C)c(C)c5)ccc5ccc2c3c54)=CC1. The van der Waals surface area contributed by atoms with E-state index in [1.54, 1.807) is 0 Å². The second-order valence-electron chi connectivity index (χ2n) is 15.0. The van der Waals surface area contributed by atoms with Gasteiger partial charge in [0.15, 0.2) is 0 Å². The highest BCUT2D eigenvalue weighted by Crippen LogP contribution is 2.47. The van der Waals surface area contributed by atoms with Crippen LogP contribution in [0.15, 0.2) is 126 Å². The molecule has 0 spiro atoms. The molecule has 0 aliphatic heterocycles. The summed E-state index contributed by atoms with van der Waals surface area (Å²) in [7, 11) is 0. The molecule has 7 aromatic rings. The van der Waals surface area contributed by atoms with Gasteiger partial charge in [-0.2, -0.15) is 0 Å². The molecule has 0 N–H and O–H groups in total. The lowest BCUT2D eigenvalue weighted by molar-refractivity contribution is 0.895. The van der Waals surface area contributed by atoms with Crippen LogP contribution in [0.5, 0.6) is 0 Å². The second kappa shape index (κ2) is 12.8. The molecule has 0 unspecified atom stereocenters. The Balaban J connectivity index is 1.39. The maximum absolute atomic E-state index is 2.56. The minimum Gasteiger partial charge on any atom is -0.314 e. The molecule has 2 nitrogen and oxygen atoms in total. The largest absolute Gasteiger partial charge is 0.314 e. The number of nitrogens with zero attached hydrogens (tertiary/aromatic N) is 2. The molecule has 0 radical (unpaired) electrons. The van der Waals surface area contributed by atoms with Crippen molar-refractivity contribution in [3.63, 3.8) is 0 Å². The summed E-state index contributed by atoms with van der Waals surface area (Å²) in [5, 5.41) is 7.75. The Morgan fingerprint density at radius 2 is 0.824 bits per heavy atom. The monoisotopic (exact) mass is 664 g/mol. The fourth-order valence-electron chi connectivity index (χ4n) is 7.92. The zero-order valence-corrected chi connectivity index (χ0v) is 31.4. The van der Waals surface area contributed by atoms with Crippen LogP contribution in [0.2, 0.25) is 0 Å². The van der Waals surface area contributed by atoms with Crippen molar-refractivity contribution in [1.29, 1.82) is 0 Å². The molecule has 2 heteroatoms. The lowest BCUT2D eigenvalue weighted by Gasteiger charge is -2.31. The fourth-order valence-corrected chi connectivity index (χ4v) is 7.92. The molecule has 0 fully saturated rings. The maximum Gasteiger partial charge on any atom is 0.0540 e. The van der Waals surface area contributed by atoms with Crippen molar-refractivity contribution in [2.24, 2.45) is 0 Å². The van der Waals surface area contributed by atoms with Crippen LogP contribution in [0.4, 0.5) is 28.4 Å². The van der Waals surface area contributed by atoms with Gasteiger partial charge in [-0.25, -0.2) is 0 Å². The highest BCUT2D eigenvalue weighted by Gasteiger charge is 2.23. The summed E-state index contributed by atoms with van der Waals surface area (Å²) < 4.78 is 0. The molecule has 0 heterocycles. The third-order valence-electron chi connectivity index (χ3n) is 11.8. The number of rotatable bonds is 6. The predicted octanol–water partition coefficient (Wildman–Crippen LogP) is 14.4. The van der Waals surface area contributed by atoms with Crippen LogP contribution in [0.1, 0.15) is 66.5 Å². The van der Waals surface area contributed by atoms with Gasteiger partial charge in [-0.3, -0.25) is 0 Å². The van der Waals surface area contributed by atoms with Crippen LogP contribution < -0.4 is 9.80 Å². The van der Waals surface area contributed by atoms with Crippen LogP contribution in [0.3, 0.4) is 0 Å². The lowest BCUT2D eigenvalue weighted by atomic mass is 9.91. The molecule has 0 bridgehead atoms. The number of benzene rings is 7.